The standard InChI is InChI=1S/C112H95BN4/c1-109(2,3)82-46-32-44-79(62-82)94-68-84(111(7,8)9)66-92(77-42-30-40-75(60-77)72-34-16-13-17-35-72)107(94)116-102-70-86(114-98-52-26-22-48-88(98)89-49-23-27-53-99(89)114)56-58-96(102)113-97-59-57-87(115-100-54-28-24-50-90(100)91-51-25-29-55-101(91)115)71-103(97)117(105-65-81(64-104(116)106(105)113)74-38-20-15-21-39-74)108-93(78-43-31-41-76(61-78)73-36-18-14-19-37-73)67-85(112(10,11)12)69-95(108)80-45-33-47-83(63-80)110(4,5)6/h13-71H,1-12H3/i22D,23D,24D,25D,26D,27D,28D,29D,48D,49D,50D,51D,52D,53D,54D,55D. The Morgan fingerprint density at radius 1 is 0.239 bits per heavy atom. The predicted molar refractivity (Wildman–Crippen MR) is 502 cm³/mol. The van der Waals surface area contributed by atoms with E-state index in [1.807, 2.05) is 91.0 Å². The third kappa shape index (κ3) is 12.5. The second kappa shape index (κ2) is 27.8. The Balaban J connectivity index is 1.04. The Bertz CT molecular complexity index is 7410. The molecule has 4 heterocycles. The molecule has 18 aromatic rings. The third-order valence-corrected chi connectivity index (χ3v) is 23.8. The van der Waals surface area contributed by atoms with Gasteiger partial charge < -0.3 is 18.9 Å². The van der Waals surface area contributed by atoms with Crippen molar-refractivity contribution in [3.63, 3.8) is 0 Å². The summed E-state index contributed by atoms with van der Waals surface area (Å²) in [6, 6.07) is 83.2. The van der Waals surface area contributed by atoms with Gasteiger partial charge in [0.2, 0.25) is 0 Å². The number of rotatable bonds is 11. The van der Waals surface area contributed by atoms with Crippen molar-refractivity contribution in [2.45, 2.75) is 105 Å². The maximum absolute atomic E-state index is 10.1. The molecule has 0 fully saturated rings. The van der Waals surface area contributed by atoms with Crippen LogP contribution in [0.3, 0.4) is 0 Å². The predicted octanol–water partition coefficient (Wildman–Crippen LogP) is 28.8. The van der Waals surface area contributed by atoms with Crippen molar-refractivity contribution in [3.8, 4) is 89.3 Å². The van der Waals surface area contributed by atoms with E-state index in [0.717, 1.165) is 128 Å². The third-order valence-electron chi connectivity index (χ3n) is 23.8. The van der Waals surface area contributed by atoms with Crippen LogP contribution in [0.5, 0.6) is 0 Å². The molecule has 2 aliphatic heterocycles. The average Bonchev–Trinajstić information content (AvgIpc) is 1.70. The Kier molecular flexibility index (Phi) is 13.5. The first-order valence-corrected chi connectivity index (χ1v) is 40.3. The molecule has 16 aromatic carbocycles. The molecule has 0 amide bonds. The van der Waals surface area contributed by atoms with Crippen molar-refractivity contribution >= 4 is 101 Å². The highest BCUT2D eigenvalue weighted by Gasteiger charge is 2.47. The summed E-state index contributed by atoms with van der Waals surface area (Å²) in [5.74, 6) is 0. The number of nitrogens with zero attached hydrogens (tertiary/aromatic N) is 4. The first kappa shape index (κ1) is 56.9. The zero-order valence-corrected chi connectivity index (χ0v) is 67.7. The molecule has 5 heteroatoms. The summed E-state index contributed by atoms with van der Waals surface area (Å²) >= 11 is 0. The molecule has 0 saturated heterocycles. The van der Waals surface area contributed by atoms with Gasteiger partial charge in [-0.3, -0.25) is 0 Å². The normalized spacial score (nSPS) is 14.8. The molecule has 0 radical (unpaired) electrons. The second-order valence-corrected chi connectivity index (χ2v) is 35.3. The molecular weight excluding hydrogens is 1410 g/mol. The monoisotopic (exact) mass is 1520 g/mol. The number of hydrogen-bond acceptors (Lipinski definition) is 2. The summed E-state index contributed by atoms with van der Waals surface area (Å²) in [5, 5.41) is -0.325. The van der Waals surface area contributed by atoms with Crippen LogP contribution in [0, 0.1) is 0 Å². The van der Waals surface area contributed by atoms with Crippen LogP contribution < -0.4 is 26.2 Å². The Morgan fingerprint density at radius 3 is 0.863 bits per heavy atom. The molecule has 20 rings (SSSR count). The average molecular weight is 1520 g/mol. The minimum Gasteiger partial charge on any atom is -0.310 e. The molecule has 117 heavy (non-hydrogen) atoms. The smallest absolute Gasteiger partial charge is 0.252 e. The van der Waals surface area contributed by atoms with Crippen LogP contribution in [0.4, 0.5) is 34.1 Å². The van der Waals surface area contributed by atoms with E-state index in [9.17, 15) is 21.9 Å². The Hall–Kier alpha value is -13.2. The lowest BCUT2D eigenvalue weighted by molar-refractivity contribution is 0.589. The molecule has 4 nitrogen and oxygen atoms in total. The number of aromatic nitrogens is 2. The van der Waals surface area contributed by atoms with Crippen molar-refractivity contribution in [1.29, 1.82) is 0 Å². The first-order valence-electron chi connectivity index (χ1n) is 48.3. The van der Waals surface area contributed by atoms with Gasteiger partial charge in [-0.25, -0.2) is 0 Å². The molecule has 2 aromatic heterocycles. The maximum atomic E-state index is 10.1. The Labute approximate surface area is 711 Å². The fourth-order valence-electron chi connectivity index (χ4n) is 17.7. The van der Waals surface area contributed by atoms with Gasteiger partial charge in [0, 0.05) is 77.9 Å². The van der Waals surface area contributed by atoms with E-state index < -0.39 is 114 Å². The highest BCUT2D eigenvalue weighted by molar-refractivity contribution is 7.00. The van der Waals surface area contributed by atoms with Gasteiger partial charge in [-0.2, -0.15) is 0 Å². The van der Waals surface area contributed by atoms with E-state index in [1.165, 1.54) is 0 Å². The quantitative estimate of drug-likeness (QED) is 0.120. The van der Waals surface area contributed by atoms with Crippen molar-refractivity contribution in [1.82, 2.24) is 9.13 Å². The van der Waals surface area contributed by atoms with Crippen molar-refractivity contribution in [2.24, 2.45) is 0 Å². The van der Waals surface area contributed by atoms with Crippen molar-refractivity contribution in [2.75, 3.05) is 9.80 Å². The highest BCUT2D eigenvalue weighted by atomic mass is 15.2. The second-order valence-electron chi connectivity index (χ2n) is 35.3. The summed E-state index contributed by atoms with van der Waals surface area (Å²) < 4.78 is 158. The molecule has 0 aliphatic carbocycles. The van der Waals surface area contributed by atoms with E-state index in [-0.39, 0.29) is 54.4 Å². The van der Waals surface area contributed by atoms with Crippen LogP contribution in [0.15, 0.2) is 358 Å². The lowest BCUT2D eigenvalue weighted by atomic mass is 9.33. The number of benzene rings is 16. The van der Waals surface area contributed by atoms with Gasteiger partial charge in [-0.1, -0.05) is 344 Å². The van der Waals surface area contributed by atoms with Gasteiger partial charge in [0.15, 0.2) is 0 Å². The van der Waals surface area contributed by atoms with Gasteiger partial charge in [0.05, 0.1) is 55.4 Å². The number of hydrogen-bond donors (Lipinski definition) is 0. The van der Waals surface area contributed by atoms with Gasteiger partial charge in [0.1, 0.15) is 0 Å². The summed E-state index contributed by atoms with van der Waals surface area (Å²) in [5.41, 5.74) is 21.7. The highest BCUT2D eigenvalue weighted by Crippen LogP contribution is 2.57. The lowest BCUT2D eigenvalue weighted by Gasteiger charge is -2.46. The van der Waals surface area contributed by atoms with E-state index >= 15 is 0 Å². The largest absolute Gasteiger partial charge is 0.310 e. The molecule has 0 unspecified atom stereocenters. The van der Waals surface area contributed by atoms with Crippen molar-refractivity contribution in [3.05, 3.63) is 380 Å². The Morgan fingerprint density at radius 2 is 0.530 bits per heavy atom. The SMILES string of the molecule is [2H]c1c([2H])c([2H])c2c(c1[2H])c1c([2H])c([2H])c([2H])c([2H])c1n2-c1ccc2c(c1)N(c1c(-c3cccc(-c4ccccc4)c3)cc(C(C)(C)C)cc1-c1cccc(C(C)(C)C)c1)c1cc(-c3ccccc3)cc3c1B2c1ccc(-n2c4c([2H])c([2H])c([2H])c([2H])c4c4c([2H])c([2H])c([2H])c([2H])c42)cc1N3c1c(-c2cccc(-c3ccccc3)c2)cc(C(C)(C)C)cc1-c1cccc(C(C)(C)C)c1. The molecule has 2 aliphatic rings. The van der Waals surface area contributed by atoms with Gasteiger partial charge in [-0.15, -0.1) is 0 Å². The zero-order chi connectivity index (χ0) is 93.9. The molecule has 566 valence electrons. The van der Waals surface area contributed by atoms with Gasteiger partial charge >= 0.3 is 0 Å². The number of anilines is 6. The van der Waals surface area contributed by atoms with Crippen LogP contribution in [0.2, 0.25) is 0 Å². The molecule has 0 N–H and O–H groups in total. The number of fused-ring (bicyclic) bond motifs is 10. The lowest BCUT2D eigenvalue weighted by Crippen LogP contribution is -2.61. The number of para-hydroxylation sites is 4. The summed E-state index contributed by atoms with van der Waals surface area (Å²) in [4.78, 5) is 4.76. The van der Waals surface area contributed by atoms with Crippen LogP contribution in [-0.2, 0) is 21.7 Å². The van der Waals surface area contributed by atoms with E-state index in [1.54, 1.807) is 9.13 Å². The van der Waals surface area contributed by atoms with E-state index in [4.69, 9.17) is 0 Å². The van der Waals surface area contributed by atoms with Crippen LogP contribution in [0.25, 0.3) is 133 Å². The fraction of sp³-hybridized carbons (Fsp3) is 0.143. The first-order chi connectivity index (χ1) is 63.2. The van der Waals surface area contributed by atoms with Crippen LogP contribution in [0.1, 0.15) is 127 Å². The molecular formula is C112H95BN4. The van der Waals surface area contributed by atoms with E-state index in [0.29, 0.717) is 34.1 Å². The minimum absolute atomic E-state index is 0.0608. The molecule has 0 saturated carbocycles. The molecule has 0 atom stereocenters. The summed E-state index contributed by atoms with van der Waals surface area (Å²) in [6.07, 6.45) is 0. The topological polar surface area (TPSA) is 16.3 Å². The fourth-order valence-corrected chi connectivity index (χ4v) is 17.7. The molecule has 0 bridgehead atoms. The summed E-state index contributed by atoms with van der Waals surface area (Å²) in [6.45, 7) is 25.8. The van der Waals surface area contributed by atoms with Gasteiger partial charge in [-0.05, 0) is 213 Å². The minimum atomic E-state index is -0.839. The van der Waals surface area contributed by atoms with Gasteiger partial charge in [0.25, 0.3) is 6.71 Å². The molecule has 0 spiro atoms. The van der Waals surface area contributed by atoms with Crippen LogP contribution >= 0.6 is 0 Å². The van der Waals surface area contributed by atoms with E-state index in [2.05, 4.69) is 263 Å². The van der Waals surface area contributed by atoms with Crippen LogP contribution in [-0.4, -0.2) is 15.8 Å². The summed E-state index contributed by atoms with van der Waals surface area (Å²) in [7, 11) is 0. The zero-order valence-electron chi connectivity index (χ0n) is 83.7. The maximum Gasteiger partial charge on any atom is 0.252 e. The van der Waals surface area contributed by atoms with Crippen molar-refractivity contribution < 1.29 is 21.9 Å².